The number of aromatic nitrogens is 4. The molecule has 17 aromatic rings. The summed E-state index contributed by atoms with van der Waals surface area (Å²) in [7, 11) is 0. The maximum absolute atomic E-state index is 5.21. The number of nitrogens with zero attached hydrogens (tertiary/aromatic N) is 4. The van der Waals surface area contributed by atoms with E-state index in [1.807, 2.05) is 30.7 Å². The average molecular weight is 1220 g/mol. The number of hydrogen-bond donors (Lipinski definition) is 0. The molecule has 0 aliphatic rings. The van der Waals surface area contributed by atoms with Crippen molar-refractivity contribution in [2.24, 2.45) is 0 Å². The molecule has 0 saturated carbocycles. The van der Waals surface area contributed by atoms with E-state index in [2.05, 4.69) is 356 Å². The molecule has 0 atom stereocenters. The van der Waals surface area contributed by atoms with Crippen LogP contribution in [0.15, 0.2) is 377 Å². The van der Waals surface area contributed by atoms with Crippen LogP contribution >= 0.6 is 0 Å². The van der Waals surface area contributed by atoms with E-state index in [0.29, 0.717) is 0 Å². The normalized spacial score (nSPS) is 11.1. The molecular formula is C92H62N4. The van der Waals surface area contributed by atoms with Crippen LogP contribution in [0.1, 0.15) is 0 Å². The smallest absolute Gasteiger partial charge is 0.0716 e. The van der Waals surface area contributed by atoms with E-state index in [9.17, 15) is 0 Å². The lowest BCUT2D eigenvalue weighted by Gasteiger charge is -2.14. The van der Waals surface area contributed by atoms with Gasteiger partial charge in [0.15, 0.2) is 0 Å². The fourth-order valence-corrected chi connectivity index (χ4v) is 13.1. The standard InChI is InChI=1S/C48H32N2.C44H30N2/c1-3-9-33(10-4-1)35-15-17-37(18-16-35)41-27-28-47-45(31-41)44(32-48(50-47)40-25-19-36(20-26-40)34-11-5-2-6-12-34)39-23-21-38(22-24-39)42-29-30-49-46-14-8-7-13-43(42)46;1-3-8-31(9-4-1)33-14-16-35(17-15-33)39-22-23-43-42(29-39)41(40-13-7-12-38(28-40)36-24-26-45-27-25-36)30-44(46-43)37-20-18-34(19-21-37)32-10-5-2-6-11-32/h1-32H;1-30H. The second-order valence-electron chi connectivity index (χ2n) is 24.1. The molecule has 450 valence electrons. The number of fused-ring (bicyclic) bond motifs is 3. The summed E-state index contributed by atoms with van der Waals surface area (Å²) in [5.74, 6) is 0. The molecule has 0 unspecified atom stereocenters. The summed E-state index contributed by atoms with van der Waals surface area (Å²) in [5, 5.41) is 3.41. The number of pyridine rings is 4. The molecule has 0 bridgehead atoms. The van der Waals surface area contributed by atoms with Crippen LogP contribution < -0.4 is 0 Å². The first-order valence-corrected chi connectivity index (χ1v) is 32.5. The Morgan fingerprint density at radius 3 is 0.917 bits per heavy atom. The van der Waals surface area contributed by atoms with Gasteiger partial charge in [-0.3, -0.25) is 9.97 Å². The van der Waals surface area contributed by atoms with Crippen molar-refractivity contribution in [3.63, 3.8) is 0 Å². The minimum absolute atomic E-state index is 0.955. The molecule has 0 radical (unpaired) electrons. The first kappa shape index (κ1) is 58.3. The molecule has 17 rings (SSSR count). The maximum Gasteiger partial charge on any atom is 0.0716 e. The molecule has 0 N–H and O–H groups in total. The highest BCUT2D eigenvalue weighted by atomic mass is 14.7. The minimum atomic E-state index is 0.955. The zero-order chi connectivity index (χ0) is 64.0. The third kappa shape index (κ3) is 12.3. The van der Waals surface area contributed by atoms with Gasteiger partial charge in [0.2, 0.25) is 0 Å². The Morgan fingerprint density at radius 1 is 0.156 bits per heavy atom. The zero-order valence-electron chi connectivity index (χ0n) is 52.6. The molecule has 96 heavy (non-hydrogen) atoms. The van der Waals surface area contributed by atoms with Crippen molar-refractivity contribution in [2.75, 3.05) is 0 Å². The predicted octanol–water partition coefficient (Wildman–Crippen LogP) is 24.4. The topological polar surface area (TPSA) is 51.6 Å². The summed E-state index contributed by atoms with van der Waals surface area (Å²) in [6, 6.07) is 127. The Morgan fingerprint density at radius 2 is 0.469 bits per heavy atom. The van der Waals surface area contributed by atoms with Crippen LogP contribution in [0.5, 0.6) is 0 Å². The summed E-state index contributed by atoms with van der Waals surface area (Å²) in [4.78, 5) is 19.2. The van der Waals surface area contributed by atoms with E-state index in [4.69, 9.17) is 9.97 Å². The van der Waals surface area contributed by atoms with Gasteiger partial charge in [0.1, 0.15) is 0 Å². The van der Waals surface area contributed by atoms with E-state index >= 15 is 0 Å². The fourth-order valence-electron chi connectivity index (χ4n) is 13.1. The molecule has 0 aliphatic carbocycles. The summed E-state index contributed by atoms with van der Waals surface area (Å²) in [5.41, 5.74) is 30.7. The Labute approximate surface area is 559 Å². The SMILES string of the molecule is c1ccc(-c2ccc(-c3ccc4nc(-c5ccc(-c6ccccc6)cc5)cc(-c5ccc(-c6ccnc7ccccc67)cc5)c4c3)cc2)cc1.c1ccc(-c2ccc(-c3ccc4nc(-c5ccc(-c6ccccc6)cc5)cc(-c5cccc(-c6ccncc6)c5)c4c3)cc2)cc1. The van der Waals surface area contributed by atoms with Crippen molar-refractivity contribution in [3.8, 4) is 134 Å². The average Bonchev–Trinajstić information content (AvgIpc) is 0.789. The number of hydrogen-bond acceptors (Lipinski definition) is 4. The Bertz CT molecular complexity index is 5550. The van der Waals surface area contributed by atoms with Gasteiger partial charge in [0.25, 0.3) is 0 Å². The van der Waals surface area contributed by atoms with Gasteiger partial charge in [-0.25, -0.2) is 9.97 Å². The molecule has 0 amide bonds. The highest BCUT2D eigenvalue weighted by molar-refractivity contribution is 6.02. The number of para-hydroxylation sites is 1. The number of rotatable bonds is 12. The molecule has 0 aliphatic heterocycles. The van der Waals surface area contributed by atoms with Gasteiger partial charge in [-0.2, -0.15) is 0 Å². The van der Waals surface area contributed by atoms with Crippen LogP contribution in [0.4, 0.5) is 0 Å². The fraction of sp³-hybridized carbons (Fsp3) is 0. The van der Waals surface area contributed by atoms with Gasteiger partial charge in [0, 0.05) is 45.9 Å². The Balaban J connectivity index is 0.000000152. The van der Waals surface area contributed by atoms with Gasteiger partial charge in [-0.05, 0) is 178 Å². The largest absolute Gasteiger partial charge is 0.265 e. The summed E-state index contributed by atoms with van der Waals surface area (Å²) in [6.07, 6.45) is 5.58. The van der Waals surface area contributed by atoms with Crippen molar-refractivity contribution in [1.29, 1.82) is 0 Å². The minimum Gasteiger partial charge on any atom is -0.265 e. The van der Waals surface area contributed by atoms with E-state index in [1.54, 1.807) is 0 Å². The summed E-state index contributed by atoms with van der Waals surface area (Å²) < 4.78 is 0. The Hall–Kier alpha value is -12.8. The zero-order valence-corrected chi connectivity index (χ0v) is 52.6. The highest BCUT2D eigenvalue weighted by Gasteiger charge is 2.16. The number of benzene rings is 13. The van der Waals surface area contributed by atoms with E-state index in [0.717, 1.165) is 88.6 Å². The highest BCUT2D eigenvalue weighted by Crippen LogP contribution is 2.40. The molecule has 0 saturated heterocycles. The van der Waals surface area contributed by atoms with Crippen LogP contribution in [0.3, 0.4) is 0 Å². The molecule has 0 spiro atoms. The summed E-state index contributed by atoms with van der Waals surface area (Å²) in [6.45, 7) is 0. The second kappa shape index (κ2) is 26.5. The third-order valence-electron chi connectivity index (χ3n) is 18.2. The molecule has 13 aromatic carbocycles. The molecule has 4 heteroatoms. The molecule has 4 heterocycles. The van der Waals surface area contributed by atoms with Gasteiger partial charge in [0.05, 0.1) is 27.9 Å². The lowest BCUT2D eigenvalue weighted by atomic mass is 9.93. The second-order valence-corrected chi connectivity index (χ2v) is 24.1. The van der Waals surface area contributed by atoms with Crippen molar-refractivity contribution in [3.05, 3.63) is 377 Å². The van der Waals surface area contributed by atoms with Crippen LogP contribution in [-0.2, 0) is 0 Å². The predicted molar refractivity (Wildman–Crippen MR) is 402 cm³/mol. The third-order valence-corrected chi connectivity index (χ3v) is 18.2. The van der Waals surface area contributed by atoms with E-state index in [1.165, 1.54) is 77.9 Å². The lowest BCUT2D eigenvalue weighted by molar-refractivity contribution is 1.33. The van der Waals surface area contributed by atoms with Gasteiger partial charge in [-0.15, -0.1) is 0 Å². The quantitative estimate of drug-likeness (QED) is 0.122. The molecule has 0 fully saturated rings. The monoisotopic (exact) mass is 1220 g/mol. The van der Waals surface area contributed by atoms with Crippen LogP contribution in [-0.4, -0.2) is 19.9 Å². The molecule has 4 nitrogen and oxygen atoms in total. The lowest BCUT2D eigenvalue weighted by Crippen LogP contribution is -1.92. The van der Waals surface area contributed by atoms with Crippen molar-refractivity contribution < 1.29 is 0 Å². The van der Waals surface area contributed by atoms with Crippen molar-refractivity contribution in [1.82, 2.24) is 19.9 Å². The van der Waals surface area contributed by atoms with Crippen LogP contribution in [0.25, 0.3) is 166 Å². The molecule has 4 aromatic heterocycles. The van der Waals surface area contributed by atoms with Gasteiger partial charge in [-0.1, -0.05) is 291 Å². The maximum atomic E-state index is 5.21. The van der Waals surface area contributed by atoms with Crippen LogP contribution in [0, 0.1) is 0 Å². The summed E-state index contributed by atoms with van der Waals surface area (Å²) >= 11 is 0. The van der Waals surface area contributed by atoms with E-state index < -0.39 is 0 Å². The van der Waals surface area contributed by atoms with Crippen molar-refractivity contribution in [2.45, 2.75) is 0 Å². The first-order valence-electron chi connectivity index (χ1n) is 32.5. The molecular weight excluding hydrogens is 1160 g/mol. The van der Waals surface area contributed by atoms with Gasteiger partial charge < -0.3 is 0 Å². The van der Waals surface area contributed by atoms with Crippen molar-refractivity contribution >= 4 is 32.7 Å². The van der Waals surface area contributed by atoms with E-state index in [-0.39, 0.29) is 0 Å². The van der Waals surface area contributed by atoms with Gasteiger partial charge >= 0.3 is 0 Å². The Kier molecular flexibility index (Phi) is 16.1. The van der Waals surface area contributed by atoms with Crippen LogP contribution in [0.2, 0.25) is 0 Å². The first-order chi connectivity index (χ1) is 47.5.